The lowest BCUT2D eigenvalue weighted by molar-refractivity contribution is 0.0756. The quantitative estimate of drug-likeness (QED) is 0.439. The number of oxime groups is 1. The summed E-state index contributed by atoms with van der Waals surface area (Å²) >= 11 is 2.04. The van der Waals surface area contributed by atoms with Gasteiger partial charge in [-0.1, -0.05) is 5.16 Å². The molecule has 0 radical (unpaired) electrons. The molecule has 0 aromatic rings. The number of nitrogens with zero attached hydrogens (tertiary/aromatic N) is 1. The molecule has 4 heteroatoms. The topological polar surface area (TPSA) is 33.6 Å². The number of hydrogen-bond donors (Lipinski definition) is 1. The van der Waals surface area contributed by atoms with E-state index in [2.05, 4.69) is 10.5 Å². The van der Waals surface area contributed by atoms with Gasteiger partial charge in [-0.25, -0.2) is 0 Å². The molecule has 0 saturated carbocycles. The van der Waals surface area contributed by atoms with Crippen molar-refractivity contribution in [1.29, 1.82) is 0 Å². The van der Waals surface area contributed by atoms with E-state index in [4.69, 9.17) is 4.84 Å². The lowest BCUT2D eigenvalue weighted by Gasteiger charge is -2.02. The molecule has 0 bridgehead atoms. The predicted molar refractivity (Wildman–Crippen MR) is 44.9 cm³/mol. The van der Waals surface area contributed by atoms with Gasteiger partial charge in [-0.2, -0.15) is 0 Å². The zero-order valence-corrected chi connectivity index (χ0v) is 7.17. The SMILES string of the molecule is I/C=N/O[C@H]1CCNC1. The molecule has 1 N–H and O–H groups in total. The second-order valence-electron chi connectivity index (χ2n) is 1.92. The molecule has 0 aromatic carbocycles. The molecule has 9 heavy (non-hydrogen) atoms. The molecule has 0 amide bonds. The molecule has 0 unspecified atom stereocenters. The number of rotatable bonds is 2. The van der Waals surface area contributed by atoms with Gasteiger partial charge in [-0.3, -0.25) is 0 Å². The first-order chi connectivity index (χ1) is 4.43. The lowest BCUT2D eigenvalue weighted by atomic mass is 10.3. The van der Waals surface area contributed by atoms with Gasteiger partial charge in [0.15, 0.2) is 0 Å². The second-order valence-corrected chi connectivity index (χ2v) is 2.48. The maximum Gasteiger partial charge on any atom is 0.141 e. The van der Waals surface area contributed by atoms with Crippen LogP contribution in [0.15, 0.2) is 5.16 Å². The summed E-state index contributed by atoms with van der Waals surface area (Å²) in [7, 11) is 0. The smallest absolute Gasteiger partial charge is 0.141 e. The third kappa shape index (κ3) is 2.49. The zero-order valence-electron chi connectivity index (χ0n) is 5.01. The Morgan fingerprint density at radius 1 is 1.78 bits per heavy atom. The minimum absolute atomic E-state index is 0.302. The van der Waals surface area contributed by atoms with E-state index in [-0.39, 0.29) is 0 Å². The number of halogens is 1. The van der Waals surface area contributed by atoms with Crippen LogP contribution in [0.4, 0.5) is 0 Å². The highest BCUT2D eigenvalue weighted by molar-refractivity contribution is 14.1. The van der Waals surface area contributed by atoms with E-state index >= 15 is 0 Å². The first kappa shape index (κ1) is 7.27. The van der Waals surface area contributed by atoms with E-state index in [9.17, 15) is 0 Å². The second kappa shape index (κ2) is 4.05. The van der Waals surface area contributed by atoms with E-state index in [0.717, 1.165) is 19.5 Å². The van der Waals surface area contributed by atoms with Crippen molar-refractivity contribution in [2.24, 2.45) is 5.16 Å². The van der Waals surface area contributed by atoms with Crippen molar-refractivity contribution in [3.63, 3.8) is 0 Å². The molecule has 52 valence electrons. The molecular weight excluding hydrogens is 231 g/mol. The van der Waals surface area contributed by atoms with E-state index in [1.54, 1.807) is 4.22 Å². The normalized spacial score (nSPS) is 27.4. The highest BCUT2D eigenvalue weighted by Crippen LogP contribution is 2.02. The summed E-state index contributed by atoms with van der Waals surface area (Å²) in [6, 6.07) is 0. The Balaban J connectivity index is 2.11. The van der Waals surface area contributed by atoms with Gasteiger partial charge in [-0.15, -0.1) is 0 Å². The van der Waals surface area contributed by atoms with Gasteiger partial charge in [0.1, 0.15) is 10.3 Å². The molecule has 1 rings (SSSR count). The van der Waals surface area contributed by atoms with Gasteiger partial charge in [0.2, 0.25) is 0 Å². The Hall–Kier alpha value is 0.160. The van der Waals surface area contributed by atoms with Crippen molar-refractivity contribution in [2.75, 3.05) is 13.1 Å². The summed E-state index contributed by atoms with van der Waals surface area (Å²) in [5.41, 5.74) is 0. The Bertz CT molecular complexity index is 101. The zero-order chi connectivity index (χ0) is 6.53. The number of nitrogens with one attached hydrogen (secondary N) is 1. The van der Waals surface area contributed by atoms with Crippen LogP contribution >= 0.6 is 22.6 Å². The van der Waals surface area contributed by atoms with Crippen LogP contribution < -0.4 is 5.32 Å². The van der Waals surface area contributed by atoms with Gasteiger partial charge in [0.25, 0.3) is 0 Å². The summed E-state index contributed by atoms with van der Waals surface area (Å²) in [6.07, 6.45) is 1.38. The van der Waals surface area contributed by atoms with Crippen molar-refractivity contribution in [2.45, 2.75) is 12.5 Å². The highest BCUT2D eigenvalue weighted by Gasteiger charge is 2.14. The van der Waals surface area contributed by atoms with Gasteiger partial charge >= 0.3 is 0 Å². The summed E-state index contributed by atoms with van der Waals surface area (Å²) in [4.78, 5) is 5.05. The predicted octanol–water partition coefficient (Wildman–Crippen LogP) is 0.743. The van der Waals surface area contributed by atoms with Crippen LogP contribution in [0.25, 0.3) is 0 Å². The van der Waals surface area contributed by atoms with Crippen LogP contribution in [0.2, 0.25) is 0 Å². The average molecular weight is 240 g/mol. The Morgan fingerprint density at radius 2 is 2.67 bits per heavy atom. The maximum absolute atomic E-state index is 5.05. The van der Waals surface area contributed by atoms with E-state index in [1.165, 1.54) is 0 Å². The van der Waals surface area contributed by atoms with Crippen molar-refractivity contribution >= 4 is 26.8 Å². The Labute approximate surface area is 68.0 Å². The fourth-order valence-electron chi connectivity index (χ4n) is 0.827. The minimum Gasteiger partial charge on any atom is -0.391 e. The third-order valence-electron chi connectivity index (χ3n) is 1.26. The first-order valence-electron chi connectivity index (χ1n) is 2.92. The van der Waals surface area contributed by atoms with E-state index in [1.807, 2.05) is 22.6 Å². The van der Waals surface area contributed by atoms with E-state index < -0.39 is 0 Å². The molecule has 0 spiro atoms. The molecule has 1 saturated heterocycles. The lowest BCUT2D eigenvalue weighted by Crippen LogP contribution is -2.14. The molecule has 1 heterocycles. The monoisotopic (exact) mass is 240 g/mol. The molecule has 1 aliphatic rings. The van der Waals surface area contributed by atoms with Crippen LogP contribution in [0.5, 0.6) is 0 Å². The summed E-state index contributed by atoms with van der Waals surface area (Å²) in [5, 5.41) is 6.86. The average Bonchev–Trinajstić information content (AvgIpc) is 2.34. The van der Waals surface area contributed by atoms with Gasteiger partial charge in [0.05, 0.1) is 0 Å². The summed E-state index contributed by atoms with van der Waals surface area (Å²) in [5.74, 6) is 0. The highest BCUT2D eigenvalue weighted by atomic mass is 127. The van der Waals surface area contributed by atoms with Crippen molar-refractivity contribution in [1.82, 2.24) is 5.32 Å². The Morgan fingerprint density at radius 3 is 3.22 bits per heavy atom. The van der Waals surface area contributed by atoms with Gasteiger partial charge in [-0.05, 0) is 29.1 Å². The van der Waals surface area contributed by atoms with Gasteiger partial charge < -0.3 is 10.2 Å². The summed E-state index contributed by atoms with van der Waals surface area (Å²) in [6.45, 7) is 2.00. The molecule has 1 aliphatic heterocycles. The molecule has 0 aliphatic carbocycles. The largest absolute Gasteiger partial charge is 0.391 e. The molecule has 0 aromatic heterocycles. The first-order valence-corrected chi connectivity index (χ1v) is 4.16. The molecule has 1 fully saturated rings. The molecule has 3 nitrogen and oxygen atoms in total. The summed E-state index contributed by atoms with van der Waals surface area (Å²) < 4.78 is 1.64. The molecule has 1 atom stereocenters. The maximum atomic E-state index is 5.05. The van der Waals surface area contributed by atoms with Crippen LogP contribution in [-0.2, 0) is 4.84 Å². The van der Waals surface area contributed by atoms with Gasteiger partial charge in [0, 0.05) is 13.0 Å². The minimum atomic E-state index is 0.302. The van der Waals surface area contributed by atoms with Crippen molar-refractivity contribution < 1.29 is 4.84 Å². The Kier molecular flexibility index (Phi) is 3.27. The fourth-order valence-corrected chi connectivity index (χ4v) is 0.959. The van der Waals surface area contributed by atoms with Crippen LogP contribution in [-0.4, -0.2) is 23.4 Å². The fraction of sp³-hybridized carbons (Fsp3) is 0.800. The van der Waals surface area contributed by atoms with Crippen LogP contribution in [0.3, 0.4) is 0 Å². The van der Waals surface area contributed by atoms with Crippen LogP contribution in [0, 0.1) is 0 Å². The molecular formula is C5H9IN2O. The standard InChI is InChI=1S/C5H9IN2O/c6-4-8-9-5-1-2-7-3-5/h4-5,7H,1-3H2/b8-4+/t5-/m0/s1. The van der Waals surface area contributed by atoms with Crippen molar-refractivity contribution in [3.05, 3.63) is 0 Å². The van der Waals surface area contributed by atoms with Crippen molar-refractivity contribution in [3.8, 4) is 0 Å². The third-order valence-corrected chi connectivity index (χ3v) is 1.49. The van der Waals surface area contributed by atoms with Crippen LogP contribution in [0.1, 0.15) is 6.42 Å². The number of hydrogen-bond acceptors (Lipinski definition) is 3. The van der Waals surface area contributed by atoms with E-state index in [0.29, 0.717) is 6.10 Å².